The van der Waals surface area contributed by atoms with E-state index in [9.17, 15) is 0 Å². The van der Waals surface area contributed by atoms with E-state index in [-0.39, 0.29) is 0 Å². The SMILES string of the molecule is C/N=C\Cc1cc(C)n(-c2cccc(Br)c2)n1. The number of aliphatic imine (C=N–C) groups is 1. The van der Waals surface area contributed by atoms with Crippen molar-refractivity contribution in [2.45, 2.75) is 13.3 Å². The Hall–Kier alpha value is -1.42. The molecule has 3 nitrogen and oxygen atoms in total. The van der Waals surface area contributed by atoms with Crippen LogP contribution in [0.15, 0.2) is 39.8 Å². The fraction of sp³-hybridized carbons (Fsp3) is 0.231. The normalized spacial score (nSPS) is 11.2. The Morgan fingerprint density at radius 3 is 2.94 bits per heavy atom. The number of rotatable bonds is 3. The van der Waals surface area contributed by atoms with E-state index in [1.165, 1.54) is 0 Å². The summed E-state index contributed by atoms with van der Waals surface area (Å²) in [6.07, 6.45) is 2.64. The predicted molar refractivity (Wildman–Crippen MR) is 74.1 cm³/mol. The molecule has 88 valence electrons. The molecule has 0 spiro atoms. The Labute approximate surface area is 109 Å². The van der Waals surface area contributed by atoms with Gasteiger partial charge >= 0.3 is 0 Å². The highest BCUT2D eigenvalue weighted by Crippen LogP contribution is 2.17. The first-order valence-corrected chi connectivity index (χ1v) is 6.22. The summed E-state index contributed by atoms with van der Waals surface area (Å²) in [7, 11) is 1.78. The minimum Gasteiger partial charge on any atom is -0.300 e. The van der Waals surface area contributed by atoms with Crippen LogP contribution in [0.25, 0.3) is 5.69 Å². The zero-order valence-corrected chi connectivity index (χ0v) is 11.5. The van der Waals surface area contributed by atoms with Crippen LogP contribution in [0, 0.1) is 6.92 Å². The smallest absolute Gasteiger partial charge is 0.0684 e. The summed E-state index contributed by atoms with van der Waals surface area (Å²) < 4.78 is 3.01. The summed E-state index contributed by atoms with van der Waals surface area (Å²) in [5.74, 6) is 0. The van der Waals surface area contributed by atoms with E-state index < -0.39 is 0 Å². The van der Waals surface area contributed by atoms with Crippen molar-refractivity contribution in [1.29, 1.82) is 0 Å². The Kier molecular flexibility index (Phi) is 3.74. The van der Waals surface area contributed by atoms with Crippen molar-refractivity contribution in [3.63, 3.8) is 0 Å². The summed E-state index contributed by atoms with van der Waals surface area (Å²) in [5.41, 5.74) is 3.23. The van der Waals surface area contributed by atoms with E-state index in [0.717, 1.165) is 28.0 Å². The summed E-state index contributed by atoms with van der Waals surface area (Å²) in [6.45, 7) is 2.06. The lowest BCUT2D eigenvalue weighted by molar-refractivity contribution is 0.828. The second-order valence-corrected chi connectivity index (χ2v) is 4.73. The zero-order chi connectivity index (χ0) is 12.3. The molecule has 0 N–H and O–H groups in total. The molecule has 0 saturated carbocycles. The standard InChI is InChI=1S/C13H14BrN3/c1-10-8-12(6-7-15-2)16-17(10)13-5-3-4-11(14)9-13/h3-5,7-9H,6H2,1-2H3/b15-7-. The summed E-state index contributed by atoms with van der Waals surface area (Å²) in [6, 6.07) is 10.2. The highest BCUT2D eigenvalue weighted by atomic mass is 79.9. The Bertz CT molecular complexity index is 543. The maximum Gasteiger partial charge on any atom is 0.0684 e. The summed E-state index contributed by atoms with van der Waals surface area (Å²) in [5, 5.41) is 4.56. The number of hydrogen-bond acceptors (Lipinski definition) is 2. The Balaban J connectivity index is 2.35. The van der Waals surface area contributed by atoms with Crippen LogP contribution in [-0.4, -0.2) is 23.0 Å². The third-order valence-corrected chi connectivity index (χ3v) is 2.97. The second kappa shape index (κ2) is 5.27. The van der Waals surface area contributed by atoms with E-state index in [0.29, 0.717) is 0 Å². The number of aromatic nitrogens is 2. The van der Waals surface area contributed by atoms with Crippen LogP contribution in [0.5, 0.6) is 0 Å². The molecule has 0 radical (unpaired) electrons. The van der Waals surface area contributed by atoms with E-state index >= 15 is 0 Å². The number of halogens is 1. The van der Waals surface area contributed by atoms with Crippen LogP contribution in [-0.2, 0) is 6.42 Å². The Morgan fingerprint density at radius 2 is 2.24 bits per heavy atom. The highest BCUT2D eigenvalue weighted by molar-refractivity contribution is 9.10. The van der Waals surface area contributed by atoms with E-state index in [1.54, 1.807) is 7.05 Å². The van der Waals surface area contributed by atoms with Gasteiger partial charge in [0.1, 0.15) is 0 Å². The fourth-order valence-electron chi connectivity index (χ4n) is 1.69. The minimum absolute atomic E-state index is 0.776. The van der Waals surface area contributed by atoms with Gasteiger partial charge in [-0.1, -0.05) is 22.0 Å². The van der Waals surface area contributed by atoms with E-state index in [2.05, 4.69) is 45.1 Å². The van der Waals surface area contributed by atoms with Crippen molar-refractivity contribution in [2.75, 3.05) is 7.05 Å². The van der Waals surface area contributed by atoms with Crippen LogP contribution in [0.1, 0.15) is 11.4 Å². The van der Waals surface area contributed by atoms with Crippen molar-refractivity contribution < 1.29 is 0 Å². The molecule has 2 rings (SSSR count). The maximum absolute atomic E-state index is 4.56. The van der Waals surface area contributed by atoms with Gasteiger partial charge in [0.2, 0.25) is 0 Å². The van der Waals surface area contributed by atoms with Gasteiger partial charge in [-0.2, -0.15) is 5.10 Å². The van der Waals surface area contributed by atoms with Gasteiger partial charge in [-0.05, 0) is 31.2 Å². The van der Waals surface area contributed by atoms with Crippen molar-refractivity contribution >= 4 is 22.1 Å². The van der Waals surface area contributed by atoms with Gasteiger partial charge in [-0.3, -0.25) is 0 Å². The van der Waals surface area contributed by atoms with Gasteiger partial charge in [0.15, 0.2) is 0 Å². The largest absolute Gasteiger partial charge is 0.300 e. The van der Waals surface area contributed by atoms with Crippen molar-refractivity contribution in [1.82, 2.24) is 9.78 Å². The fourth-order valence-corrected chi connectivity index (χ4v) is 2.08. The lowest BCUT2D eigenvalue weighted by Gasteiger charge is -2.04. The van der Waals surface area contributed by atoms with Crippen LogP contribution in [0.4, 0.5) is 0 Å². The topological polar surface area (TPSA) is 30.2 Å². The Morgan fingerprint density at radius 1 is 1.41 bits per heavy atom. The number of aryl methyl sites for hydroxylation is 1. The molecular weight excluding hydrogens is 278 g/mol. The van der Waals surface area contributed by atoms with Gasteiger partial charge in [-0.25, -0.2) is 4.68 Å². The molecule has 1 heterocycles. The van der Waals surface area contributed by atoms with Gasteiger partial charge in [0, 0.05) is 29.8 Å². The van der Waals surface area contributed by atoms with Gasteiger partial charge in [-0.15, -0.1) is 0 Å². The van der Waals surface area contributed by atoms with Crippen molar-refractivity contribution in [3.05, 3.63) is 46.2 Å². The number of nitrogens with zero attached hydrogens (tertiary/aromatic N) is 3. The molecular formula is C13H14BrN3. The van der Waals surface area contributed by atoms with Crippen LogP contribution >= 0.6 is 15.9 Å². The minimum atomic E-state index is 0.776. The third-order valence-electron chi connectivity index (χ3n) is 2.47. The molecule has 0 aliphatic heterocycles. The number of hydrogen-bond donors (Lipinski definition) is 0. The molecule has 0 amide bonds. The molecule has 0 unspecified atom stereocenters. The maximum atomic E-state index is 4.56. The molecule has 0 aliphatic carbocycles. The quantitative estimate of drug-likeness (QED) is 0.799. The number of benzene rings is 1. The molecule has 4 heteroatoms. The molecule has 17 heavy (non-hydrogen) atoms. The average molecular weight is 292 g/mol. The first kappa shape index (κ1) is 12.0. The highest BCUT2D eigenvalue weighted by Gasteiger charge is 2.05. The third kappa shape index (κ3) is 2.82. The molecule has 2 aromatic rings. The first-order valence-electron chi connectivity index (χ1n) is 5.43. The molecule has 0 aliphatic rings. The lowest BCUT2D eigenvalue weighted by Crippen LogP contribution is -1.99. The van der Waals surface area contributed by atoms with Crippen LogP contribution < -0.4 is 0 Å². The average Bonchev–Trinajstić information content (AvgIpc) is 2.68. The lowest BCUT2D eigenvalue weighted by atomic mass is 10.3. The molecule has 0 saturated heterocycles. The van der Waals surface area contributed by atoms with Gasteiger partial charge in [0.25, 0.3) is 0 Å². The molecule has 0 atom stereocenters. The van der Waals surface area contributed by atoms with E-state index in [1.807, 2.05) is 29.1 Å². The second-order valence-electron chi connectivity index (χ2n) is 3.81. The first-order chi connectivity index (χ1) is 8.20. The molecule has 1 aromatic heterocycles. The van der Waals surface area contributed by atoms with Gasteiger partial charge < -0.3 is 4.99 Å². The van der Waals surface area contributed by atoms with Crippen molar-refractivity contribution in [3.8, 4) is 5.69 Å². The monoisotopic (exact) mass is 291 g/mol. The molecule has 0 fully saturated rings. The van der Waals surface area contributed by atoms with Crippen molar-refractivity contribution in [2.24, 2.45) is 4.99 Å². The van der Waals surface area contributed by atoms with Crippen LogP contribution in [0.3, 0.4) is 0 Å². The molecule has 0 bridgehead atoms. The summed E-state index contributed by atoms with van der Waals surface area (Å²) >= 11 is 3.47. The van der Waals surface area contributed by atoms with Crippen LogP contribution in [0.2, 0.25) is 0 Å². The molecule has 1 aromatic carbocycles. The zero-order valence-electron chi connectivity index (χ0n) is 9.89. The summed E-state index contributed by atoms with van der Waals surface area (Å²) in [4.78, 5) is 3.97. The predicted octanol–water partition coefficient (Wildman–Crippen LogP) is 3.19. The van der Waals surface area contributed by atoms with E-state index in [4.69, 9.17) is 0 Å². The van der Waals surface area contributed by atoms with Gasteiger partial charge in [0.05, 0.1) is 11.4 Å².